The summed E-state index contributed by atoms with van der Waals surface area (Å²) in [4.78, 5) is 11.5. The Morgan fingerprint density at radius 2 is 1.68 bits per heavy atom. The molecule has 0 saturated carbocycles. The van der Waals surface area contributed by atoms with Crippen LogP contribution in [0.2, 0.25) is 0 Å². The maximum atomic E-state index is 11.5. The van der Waals surface area contributed by atoms with Crippen LogP contribution in [0.5, 0.6) is 11.5 Å². The Balaban J connectivity index is 2.04. The van der Waals surface area contributed by atoms with Crippen molar-refractivity contribution in [2.24, 2.45) is 11.1 Å². The summed E-state index contributed by atoms with van der Waals surface area (Å²) in [6.45, 7) is 6.43. The molecule has 0 spiro atoms. The molecule has 2 aromatic carbocycles. The molecule has 2 rings (SSSR count). The highest BCUT2D eigenvalue weighted by Gasteiger charge is 2.26. The molecule has 3 N–H and O–H groups in total. The van der Waals surface area contributed by atoms with Crippen LogP contribution >= 0.6 is 0 Å². The Bertz CT molecular complexity index is 666. The molecule has 0 aliphatic carbocycles. The first kappa shape index (κ1) is 19.0. The lowest BCUT2D eigenvalue weighted by Crippen LogP contribution is -2.41. The molecule has 0 aliphatic heterocycles. The molecule has 0 aliphatic rings. The summed E-state index contributed by atoms with van der Waals surface area (Å²) < 4.78 is 5.84. The fourth-order valence-electron chi connectivity index (χ4n) is 2.53. The molecular formula is C21H28N2O2. The minimum Gasteiger partial charge on any atom is -0.457 e. The molecule has 1 atom stereocenters. The summed E-state index contributed by atoms with van der Waals surface area (Å²) >= 11 is 0. The molecule has 1 unspecified atom stereocenters. The van der Waals surface area contributed by atoms with Gasteiger partial charge in [-0.1, -0.05) is 43.7 Å². The van der Waals surface area contributed by atoms with E-state index in [1.54, 1.807) is 0 Å². The van der Waals surface area contributed by atoms with Crippen LogP contribution in [-0.4, -0.2) is 12.5 Å². The number of primary amides is 1. The molecule has 1 amide bonds. The first-order valence-corrected chi connectivity index (χ1v) is 8.78. The number of benzene rings is 2. The lowest BCUT2D eigenvalue weighted by molar-refractivity contribution is -0.125. The van der Waals surface area contributed by atoms with E-state index in [1.165, 1.54) is 5.56 Å². The number of hydrogen-bond donors (Lipinski definition) is 2. The van der Waals surface area contributed by atoms with Crippen LogP contribution in [0, 0.1) is 5.41 Å². The van der Waals surface area contributed by atoms with Crippen molar-refractivity contribution < 1.29 is 9.53 Å². The van der Waals surface area contributed by atoms with Gasteiger partial charge in [0.25, 0.3) is 0 Å². The van der Waals surface area contributed by atoms with Gasteiger partial charge in [-0.2, -0.15) is 0 Å². The SMILES string of the molecule is CCCC(NCC(C)(C)C(N)=O)c1ccc(Oc2ccccc2)cc1. The lowest BCUT2D eigenvalue weighted by Gasteiger charge is -2.26. The minimum atomic E-state index is -0.567. The molecule has 0 fully saturated rings. The van der Waals surface area contributed by atoms with E-state index in [4.69, 9.17) is 10.5 Å². The second kappa shape index (κ2) is 8.67. The van der Waals surface area contributed by atoms with Crippen molar-refractivity contribution in [1.82, 2.24) is 5.32 Å². The van der Waals surface area contributed by atoms with Gasteiger partial charge in [-0.25, -0.2) is 0 Å². The van der Waals surface area contributed by atoms with Crippen LogP contribution in [0.3, 0.4) is 0 Å². The summed E-state index contributed by atoms with van der Waals surface area (Å²) in [5, 5.41) is 3.49. The van der Waals surface area contributed by atoms with Gasteiger partial charge >= 0.3 is 0 Å². The van der Waals surface area contributed by atoms with Crippen molar-refractivity contribution >= 4 is 5.91 Å². The zero-order valence-corrected chi connectivity index (χ0v) is 15.3. The van der Waals surface area contributed by atoms with Gasteiger partial charge in [-0.15, -0.1) is 0 Å². The van der Waals surface area contributed by atoms with Crippen molar-refractivity contribution in [3.8, 4) is 11.5 Å². The first-order chi connectivity index (χ1) is 11.9. The van der Waals surface area contributed by atoms with E-state index >= 15 is 0 Å². The maximum Gasteiger partial charge on any atom is 0.224 e. The van der Waals surface area contributed by atoms with E-state index in [-0.39, 0.29) is 11.9 Å². The quantitative estimate of drug-likeness (QED) is 0.710. The van der Waals surface area contributed by atoms with E-state index in [2.05, 4.69) is 24.4 Å². The average Bonchev–Trinajstić information content (AvgIpc) is 2.60. The predicted molar refractivity (Wildman–Crippen MR) is 102 cm³/mol. The lowest BCUT2D eigenvalue weighted by atomic mass is 9.91. The molecule has 4 heteroatoms. The predicted octanol–water partition coefficient (Wildman–Crippen LogP) is 4.42. The van der Waals surface area contributed by atoms with Gasteiger partial charge in [0, 0.05) is 12.6 Å². The number of ether oxygens (including phenoxy) is 1. The summed E-state index contributed by atoms with van der Waals surface area (Å²) in [5.41, 5.74) is 6.08. The van der Waals surface area contributed by atoms with Crippen LogP contribution in [0.1, 0.15) is 45.2 Å². The molecule has 134 valence electrons. The third kappa shape index (κ3) is 5.61. The number of amides is 1. The van der Waals surface area contributed by atoms with Gasteiger partial charge < -0.3 is 15.8 Å². The van der Waals surface area contributed by atoms with Gasteiger partial charge in [0.15, 0.2) is 0 Å². The summed E-state index contributed by atoms with van der Waals surface area (Å²) in [6.07, 6.45) is 2.05. The van der Waals surface area contributed by atoms with Crippen LogP contribution in [0.4, 0.5) is 0 Å². The number of rotatable bonds is 9. The molecule has 0 radical (unpaired) electrons. The van der Waals surface area contributed by atoms with Gasteiger partial charge in [0.1, 0.15) is 11.5 Å². The van der Waals surface area contributed by atoms with Crippen molar-refractivity contribution in [3.05, 3.63) is 60.2 Å². The standard InChI is InChI=1S/C21H28N2O2/c1-4-8-19(23-15-21(2,3)20(22)24)16-11-13-18(14-12-16)25-17-9-6-5-7-10-17/h5-7,9-14,19,23H,4,8,15H2,1-3H3,(H2,22,24). The maximum absolute atomic E-state index is 11.5. The van der Waals surface area contributed by atoms with E-state index < -0.39 is 5.41 Å². The van der Waals surface area contributed by atoms with Crippen molar-refractivity contribution in [2.45, 2.75) is 39.7 Å². The molecule has 25 heavy (non-hydrogen) atoms. The average molecular weight is 340 g/mol. The molecule has 0 aromatic heterocycles. The number of nitrogens with one attached hydrogen (secondary N) is 1. The monoisotopic (exact) mass is 340 g/mol. The van der Waals surface area contributed by atoms with Gasteiger partial charge in [-0.3, -0.25) is 4.79 Å². The fraction of sp³-hybridized carbons (Fsp3) is 0.381. The number of carbonyl (C=O) groups excluding carboxylic acids is 1. The topological polar surface area (TPSA) is 64.3 Å². The highest BCUT2D eigenvalue weighted by atomic mass is 16.5. The van der Waals surface area contributed by atoms with Crippen molar-refractivity contribution in [1.29, 1.82) is 0 Å². The van der Waals surface area contributed by atoms with E-state index in [1.807, 2.05) is 56.3 Å². The van der Waals surface area contributed by atoms with Crippen LogP contribution in [-0.2, 0) is 4.79 Å². The first-order valence-electron chi connectivity index (χ1n) is 8.78. The zero-order valence-electron chi connectivity index (χ0n) is 15.3. The Hall–Kier alpha value is -2.33. The normalized spacial score (nSPS) is 12.6. The van der Waals surface area contributed by atoms with E-state index in [0.717, 1.165) is 24.3 Å². The molecule has 4 nitrogen and oxygen atoms in total. The third-order valence-electron chi connectivity index (χ3n) is 4.30. The minimum absolute atomic E-state index is 0.189. The largest absolute Gasteiger partial charge is 0.457 e. The fourth-order valence-corrected chi connectivity index (χ4v) is 2.53. The Labute approximate surface area is 150 Å². The smallest absolute Gasteiger partial charge is 0.224 e. The highest BCUT2D eigenvalue weighted by Crippen LogP contribution is 2.26. The molecule has 0 bridgehead atoms. The van der Waals surface area contributed by atoms with Gasteiger partial charge in [0.05, 0.1) is 5.41 Å². The summed E-state index contributed by atoms with van der Waals surface area (Å²) in [5.74, 6) is 1.34. The van der Waals surface area contributed by atoms with Gasteiger partial charge in [0.2, 0.25) is 5.91 Å². The number of nitrogens with two attached hydrogens (primary N) is 1. The Morgan fingerprint density at radius 1 is 1.08 bits per heavy atom. The zero-order chi connectivity index (χ0) is 18.3. The van der Waals surface area contributed by atoms with Crippen molar-refractivity contribution in [2.75, 3.05) is 6.54 Å². The molecule has 0 saturated heterocycles. The van der Waals surface area contributed by atoms with Crippen LogP contribution in [0.25, 0.3) is 0 Å². The third-order valence-corrected chi connectivity index (χ3v) is 4.30. The Morgan fingerprint density at radius 3 is 2.24 bits per heavy atom. The van der Waals surface area contributed by atoms with Crippen LogP contribution in [0.15, 0.2) is 54.6 Å². The van der Waals surface area contributed by atoms with E-state index in [9.17, 15) is 4.79 Å². The van der Waals surface area contributed by atoms with Crippen LogP contribution < -0.4 is 15.8 Å². The molecule has 2 aromatic rings. The number of hydrogen-bond acceptors (Lipinski definition) is 3. The van der Waals surface area contributed by atoms with Gasteiger partial charge in [-0.05, 0) is 50.1 Å². The number of para-hydroxylation sites is 1. The summed E-state index contributed by atoms with van der Waals surface area (Å²) in [6, 6.07) is 18.0. The number of carbonyl (C=O) groups is 1. The van der Waals surface area contributed by atoms with Crippen molar-refractivity contribution in [3.63, 3.8) is 0 Å². The second-order valence-corrected chi connectivity index (χ2v) is 6.95. The molecular weight excluding hydrogens is 312 g/mol. The Kier molecular flexibility index (Phi) is 6.59. The van der Waals surface area contributed by atoms with E-state index in [0.29, 0.717) is 6.54 Å². The highest BCUT2D eigenvalue weighted by molar-refractivity contribution is 5.80. The molecule has 0 heterocycles. The summed E-state index contributed by atoms with van der Waals surface area (Å²) in [7, 11) is 0. The second-order valence-electron chi connectivity index (χ2n) is 6.95.